The number of hydrogen-bond acceptors (Lipinski definition) is 7. The molecule has 0 amide bonds. The normalized spacial score (nSPS) is 11.9. The maximum Gasteiger partial charge on any atom is 0.276 e. The van der Waals surface area contributed by atoms with E-state index in [9.17, 15) is 10.1 Å². The molecule has 0 saturated carbocycles. The Morgan fingerprint density at radius 1 is 1.35 bits per heavy atom. The lowest BCUT2D eigenvalue weighted by Gasteiger charge is -2.12. The lowest BCUT2D eigenvalue weighted by atomic mass is 10.3. The summed E-state index contributed by atoms with van der Waals surface area (Å²) >= 11 is 1.55. The molecule has 106 valence electrons. The Kier molecular flexibility index (Phi) is 4.14. The number of aryl methyl sites for hydroxylation is 1. The van der Waals surface area contributed by atoms with Gasteiger partial charge >= 0.3 is 0 Å². The Bertz CT molecular complexity index is 628. The Hall–Kier alpha value is -2.22. The lowest BCUT2D eigenvalue weighted by Crippen LogP contribution is -2.09. The number of nitrogens with zero attached hydrogens (tertiary/aromatic N) is 3. The molecule has 0 saturated heterocycles. The van der Waals surface area contributed by atoms with E-state index in [1.807, 2.05) is 19.2 Å². The minimum Gasteiger partial charge on any atom is -0.373 e. The molecular weight excluding hydrogens is 278 g/mol. The van der Waals surface area contributed by atoms with Gasteiger partial charge in [-0.15, -0.1) is 11.3 Å². The number of pyridine rings is 1. The van der Waals surface area contributed by atoms with Crippen LogP contribution in [0.3, 0.4) is 0 Å². The van der Waals surface area contributed by atoms with Crippen LogP contribution in [0.5, 0.6) is 0 Å². The minimum atomic E-state index is -0.439. The second-order valence-electron chi connectivity index (χ2n) is 4.30. The maximum absolute atomic E-state index is 10.9. The van der Waals surface area contributed by atoms with Gasteiger partial charge in [0.25, 0.3) is 5.69 Å². The molecule has 2 heterocycles. The van der Waals surface area contributed by atoms with Crippen molar-refractivity contribution in [1.29, 1.82) is 0 Å². The summed E-state index contributed by atoms with van der Waals surface area (Å²) in [4.78, 5) is 19.1. The number of thiazole rings is 1. The molecular formula is C12H15N5O2S. The predicted molar refractivity (Wildman–Crippen MR) is 79.3 cm³/mol. The molecule has 0 spiro atoms. The zero-order valence-corrected chi connectivity index (χ0v) is 12.2. The van der Waals surface area contributed by atoms with Crippen LogP contribution in [0.25, 0.3) is 0 Å². The van der Waals surface area contributed by atoms with Gasteiger partial charge in [0.05, 0.1) is 23.1 Å². The van der Waals surface area contributed by atoms with E-state index in [-0.39, 0.29) is 11.7 Å². The highest BCUT2D eigenvalue weighted by molar-refractivity contribution is 7.09. The maximum atomic E-state index is 10.9. The zero-order chi connectivity index (χ0) is 14.7. The molecule has 0 fully saturated rings. The molecule has 7 nitrogen and oxygen atoms in total. The van der Waals surface area contributed by atoms with Gasteiger partial charge in [0.15, 0.2) is 0 Å². The summed E-state index contributed by atoms with van der Waals surface area (Å²) in [5.74, 6) is 0.896. The number of rotatable bonds is 5. The van der Waals surface area contributed by atoms with Crippen molar-refractivity contribution in [3.63, 3.8) is 0 Å². The van der Waals surface area contributed by atoms with Gasteiger partial charge in [0, 0.05) is 18.1 Å². The largest absolute Gasteiger partial charge is 0.373 e. The van der Waals surface area contributed by atoms with Gasteiger partial charge in [0.1, 0.15) is 16.6 Å². The minimum absolute atomic E-state index is 0.00521. The molecule has 0 aliphatic rings. The summed E-state index contributed by atoms with van der Waals surface area (Å²) in [6.07, 6.45) is 0. The molecule has 8 heteroatoms. The molecule has 0 aromatic carbocycles. The van der Waals surface area contributed by atoms with Gasteiger partial charge in [0.2, 0.25) is 0 Å². The standard InChI is InChI=1S/C12H15N5O2S/c1-7-6-20-12(14-7)8(2)15-11-5-9(17(18)19)4-10(13-3)16-11/h4-6,8H,1-3H3,(H2,13,15,16). The van der Waals surface area contributed by atoms with Crippen LogP contribution in [0.15, 0.2) is 17.5 Å². The molecule has 0 bridgehead atoms. The molecule has 1 unspecified atom stereocenters. The monoisotopic (exact) mass is 293 g/mol. The van der Waals surface area contributed by atoms with Crippen LogP contribution in [-0.2, 0) is 0 Å². The van der Waals surface area contributed by atoms with Crippen LogP contribution >= 0.6 is 11.3 Å². The van der Waals surface area contributed by atoms with Crippen LogP contribution in [-0.4, -0.2) is 21.9 Å². The van der Waals surface area contributed by atoms with Crippen molar-refractivity contribution in [3.8, 4) is 0 Å². The number of aromatic nitrogens is 2. The highest BCUT2D eigenvalue weighted by Gasteiger charge is 2.14. The van der Waals surface area contributed by atoms with Gasteiger partial charge < -0.3 is 10.6 Å². The van der Waals surface area contributed by atoms with E-state index >= 15 is 0 Å². The SMILES string of the molecule is CNc1cc([N+](=O)[O-])cc(NC(C)c2nc(C)cs2)n1. The van der Waals surface area contributed by atoms with E-state index in [1.54, 1.807) is 18.4 Å². The van der Waals surface area contributed by atoms with Crippen LogP contribution in [0.4, 0.5) is 17.3 Å². The first-order chi connectivity index (χ1) is 9.49. The molecule has 2 rings (SSSR count). The third-order valence-corrected chi connectivity index (χ3v) is 3.79. The molecule has 2 aromatic rings. The van der Waals surface area contributed by atoms with Crippen LogP contribution < -0.4 is 10.6 Å². The first-order valence-corrected chi connectivity index (χ1v) is 6.90. The molecule has 0 aliphatic heterocycles. The van der Waals surface area contributed by atoms with E-state index in [0.29, 0.717) is 11.6 Å². The van der Waals surface area contributed by atoms with Crippen molar-refractivity contribution in [2.24, 2.45) is 0 Å². The predicted octanol–water partition coefficient (Wildman–Crippen LogP) is 2.97. The van der Waals surface area contributed by atoms with E-state index in [2.05, 4.69) is 20.6 Å². The zero-order valence-electron chi connectivity index (χ0n) is 11.4. The summed E-state index contributed by atoms with van der Waals surface area (Å²) in [5.41, 5.74) is 0.955. The average molecular weight is 293 g/mol. The smallest absolute Gasteiger partial charge is 0.276 e. The van der Waals surface area contributed by atoms with Gasteiger partial charge in [-0.25, -0.2) is 9.97 Å². The van der Waals surface area contributed by atoms with Crippen molar-refractivity contribution >= 4 is 28.7 Å². The van der Waals surface area contributed by atoms with Gasteiger partial charge in [-0.3, -0.25) is 10.1 Å². The van der Waals surface area contributed by atoms with E-state index in [1.165, 1.54) is 12.1 Å². The summed E-state index contributed by atoms with van der Waals surface area (Å²) < 4.78 is 0. The second-order valence-corrected chi connectivity index (χ2v) is 5.19. The third-order valence-electron chi connectivity index (χ3n) is 2.65. The summed E-state index contributed by atoms with van der Waals surface area (Å²) in [5, 5.41) is 19.7. The third kappa shape index (κ3) is 3.21. The molecule has 2 N–H and O–H groups in total. The summed E-state index contributed by atoms with van der Waals surface area (Å²) in [6, 6.07) is 2.74. The molecule has 0 aliphatic carbocycles. The Morgan fingerprint density at radius 3 is 2.60 bits per heavy atom. The van der Waals surface area contributed by atoms with E-state index < -0.39 is 4.92 Å². The van der Waals surface area contributed by atoms with Crippen molar-refractivity contribution in [3.05, 3.63) is 38.3 Å². The molecule has 2 aromatic heterocycles. The average Bonchev–Trinajstić information content (AvgIpc) is 2.85. The first-order valence-electron chi connectivity index (χ1n) is 6.02. The Labute approximate surface area is 120 Å². The summed E-state index contributed by atoms with van der Waals surface area (Å²) in [7, 11) is 1.67. The lowest BCUT2D eigenvalue weighted by molar-refractivity contribution is -0.384. The van der Waals surface area contributed by atoms with Gasteiger partial charge in [-0.1, -0.05) is 0 Å². The van der Waals surface area contributed by atoms with E-state index in [0.717, 1.165) is 10.7 Å². The fourth-order valence-corrected chi connectivity index (χ4v) is 2.48. The number of hydrogen-bond donors (Lipinski definition) is 2. The van der Waals surface area contributed by atoms with Crippen molar-refractivity contribution in [2.75, 3.05) is 17.7 Å². The second kappa shape index (κ2) is 5.83. The highest BCUT2D eigenvalue weighted by atomic mass is 32.1. The summed E-state index contributed by atoms with van der Waals surface area (Å²) in [6.45, 7) is 3.87. The van der Waals surface area contributed by atoms with Gasteiger partial charge in [-0.2, -0.15) is 0 Å². The Morgan fingerprint density at radius 2 is 2.05 bits per heavy atom. The van der Waals surface area contributed by atoms with Gasteiger partial charge in [-0.05, 0) is 13.8 Å². The van der Waals surface area contributed by atoms with E-state index in [4.69, 9.17) is 0 Å². The van der Waals surface area contributed by atoms with Crippen LogP contribution in [0.1, 0.15) is 23.7 Å². The molecule has 0 radical (unpaired) electrons. The van der Waals surface area contributed by atoms with Crippen LogP contribution in [0, 0.1) is 17.0 Å². The molecule has 20 heavy (non-hydrogen) atoms. The fourth-order valence-electron chi connectivity index (χ4n) is 1.68. The first kappa shape index (κ1) is 14.2. The number of nitro groups is 1. The molecule has 1 atom stereocenters. The van der Waals surface area contributed by atoms with Crippen molar-refractivity contribution in [1.82, 2.24) is 9.97 Å². The van der Waals surface area contributed by atoms with Crippen molar-refractivity contribution in [2.45, 2.75) is 19.9 Å². The topological polar surface area (TPSA) is 93.0 Å². The fraction of sp³-hybridized carbons (Fsp3) is 0.333. The number of nitrogens with one attached hydrogen (secondary N) is 2. The quantitative estimate of drug-likeness (QED) is 0.650. The van der Waals surface area contributed by atoms with Crippen LogP contribution in [0.2, 0.25) is 0 Å². The van der Waals surface area contributed by atoms with Crippen molar-refractivity contribution < 1.29 is 4.92 Å². The highest BCUT2D eigenvalue weighted by Crippen LogP contribution is 2.25. The number of anilines is 2. The Balaban J connectivity index is 2.24.